The molecule has 1 aromatic carbocycles. The average Bonchev–Trinajstić information content (AvgIpc) is 3.60. The molecule has 3 heterocycles. The summed E-state index contributed by atoms with van der Waals surface area (Å²) in [4.78, 5) is 27.4. The van der Waals surface area contributed by atoms with Crippen molar-refractivity contribution in [2.75, 3.05) is 17.7 Å². The molecule has 4 aromatic rings. The number of hydrogen-bond acceptors (Lipinski definition) is 8. The number of rotatable bonds is 11. The van der Waals surface area contributed by atoms with E-state index in [9.17, 15) is 9.59 Å². The first-order chi connectivity index (χ1) is 18.0. The van der Waals surface area contributed by atoms with Gasteiger partial charge in [0.1, 0.15) is 5.00 Å². The summed E-state index contributed by atoms with van der Waals surface area (Å²) in [6.45, 7) is 10.5. The maximum absolute atomic E-state index is 12.9. The summed E-state index contributed by atoms with van der Waals surface area (Å²) in [7, 11) is 0. The zero-order valence-corrected chi connectivity index (χ0v) is 23.4. The molecule has 0 bridgehead atoms. The van der Waals surface area contributed by atoms with E-state index in [0.29, 0.717) is 22.3 Å². The lowest BCUT2D eigenvalue weighted by Crippen LogP contribution is -2.16. The Morgan fingerprint density at radius 1 is 1.22 bits per heavy atom. The molecule has 3 aromatic heterocycles. The highest BCUT2D eigenvalue weighted by atomic mass is 32.2. The van der Waals surface area contributed by atoms with Gasteiger partial charge in [0.05, 0.1) is 17.9 Å². The number of hydrogen-bond donors (Lipinski definition) is 1. The number of nitrogens with one attached hydrogen (secondary N) is 1. The first kappa shape index (κ1) is 26.8. The number of thioether (sulfide) groups is 1. The number of esters is 1. The van der Waals surface area contributed by atoms with Crippen LogP contribution in [0, 0.1) is 6.92 Å². The molecular weight excluding hydrogens is 525 g/mol. The maximum Gasteiger partial charge on any atom is 0.341 e. The van der Waals surface area contributed by atoms with Crippen molar-refractivity contribution in [2.45, 2.75) is 38.9 Å². The molecule has 192 valence electrons. The second-order valence-corrected chi connectivity index (χ2v) is 11.2. The highest BCUT2D eigenvalue weighted by Crippen LogP contribution is 2.39. The van der Waals surface area contributed by atoms with Crippen LogP contribution in [-0.2, 0) is 22.5 Å². The molecule has 0 radical (unpaired) electrons. The lowest BCUT2D eigenvalue weighted by atomic mass is 10.0. The molecule has 7 nitrogen and oxygen atoms in total. The number of carbonyl (C=O) groups is 2. The Hall–Kier alpha value is -3.21. The van der Waals surface area contributed by atoms with Gasteiger partial charge < -0.3 is 10.1 Å². The largest absolute Gasteiger partial charge is 0.462 e. The Kier molecular flexibility index (Phi) is 8.96. The molecule has 0 aliphatic rings. The molecule has 0 atom stereocenters. The van der Waals surface area contributed by atoms with E-state index >= 15 is 0 Å². The summed E-state index contributed by atoms with van der Waals surface area (Å²) < 4.78 is 7.12. The maximum atomic E-state index is 12.9. The fourth-order valence-electron chi connectivity index (χ4n) is 3.83. The third-order valence-electron chi connectivity index (χ3n) is 5.52. The van der Waals surface area contributed by atoms with Crippen LogP contribution in [0.3, 0.4) is 0 Å². The predicted molar refractivity (Wildman–Crippen MR) is 153 cm³/mol. The number of benzene rings is 1. The lowest BCUT2D eigenvalue weighted by molar-refractivity contribution is -0.113. The van der Waals surface area contributed by atoms with Crippen molar-refractivity contribution in [2.24, 2.45) is 0 Å². The van der Waals surface area contributed by atoms with Crippen LogP contribution in [0.15, 0.2) is 59.6 Å². The van der Waals surface area contributed by atoms with Gasteiger partial charge in [0, 0.05) is 32.8 Å². The van der Waals surface area contributed by atoms with Crippen molar-refractivity contribution < 1.29 is 14.3 Å². The summed E-state index contributed by atoms with van der Waals surface area (Å²) in [6, 6.07) is 12.0. The first-order valence-corrected chi connectivity index (χ1v) is 14.5. The Morgan fingerprint density at radius 3 is 2.70 bits per heavy atom. The van der Waals surface area contributed by atoms with E-state index < -0.39 is 5.97 Å². The molecule has 1 N–H and O–H groups in total. The van der Waals surface area contributed by atoms with E-state index in [1.165, 1.54) is 28.0 Å². The first-order valence-electron chi connectivity index (χ1n) is 11.9. The van der Waals surface area contributed by atoms with Crippen LogP contribution in [0.5, 0.6) is 0 Å². The fourth-order valence-corrected chi connectivity index (χ4v) is 6.45. The van der Waals surface area contributed by atoms with Gasteiger partial charge >= 0.3 is 5.97 Å². The molecular formula is C27H28N4O3S3. The highest BCUT2D eigenvalue weighted by molar-refractivity contribution is 7.99. The van der Waals surface area contributed by atoms with Gasteiger partial charge in [-0.1, -0.05) is 55.1 Å². The molecule has 0 saturated carbocycles. The molecule has 0 spiro atoms. The van der Waals surface area contributed by atoms with Crippen molar-refractivity contribution in [3.8, 4) is 22.5 Å². The topological polar surface area (TPSA) is 86.1 Å². The molecule has 0 aliphatic heterocycles. The van der Waals surface area contributed by atoms with E-state index in [1.54, 1.807) is 30.4 Å². The van der Waals surface area contributed by atoms with E-state index in [1.807, 2.05) is 29.7 Å². The van der Waals surface area contributed by atoms with Crippen molar-refractivity contribution in [3.63, 3.8) is 0 Å². The minimum atomic E-state index is -0.433. The van der Waals surface area contributed by atoms with Gasteiger partial charge in [-0.05, 0) is 31.9 Å². The van der Waals surface area contributed by atoms with Crippen molar-refractivity contribution in [1.82, 2.24) is 14.8 Å². The quantitative estimate of drug-likeness (QED) is 0.127. The molecule has 10 heteroatoms. The smallest absolute Gasteiger partial charge is 0.341 e. The number of ether oxygens (including phenoxy) is 1. The van der Waals surface area contributed by atoms with E-state index in [-0.39, 0.29) is 18.3 Å². The van der Waals surface area contributed by atoms with E-state index in [0.717, 1.165) is 33.8 Å². The molecule has 37 heavy (non-hydrogen) atoms. The van der Waals surface area contributed by atoms with Gasteiger partial charge in [0.25, 0.3) is 0 Å². The SMILES string of the molecule is C=CCn1c(SCC(=O)Nc2sc(CC)cc2C(=O)OCC)nnc1-c1csc(C)c1-c1ccccc1. The summed E-state index contributed by atoms with van der Waals surface area (Å²) >= 11 is 4.36. The molecule has 0 unspecified atom stereocenters. The zero-order valence-electron chi connectivity index (χ0n) is 20.9. The Bertz CT molecular complexity index is 1410. The lowest BCUT2D eigenvalue weighted by Gasteiger charge is -2.10. The Morgan fingerprint density at radius 2 is 2.00 bits per heavy atom. The normalized spacial score (nSPS) is 10.9. The average molecular weight is 553 g/mol. The number of nitrogens with zero attached hydrogens (tertiary/aromatic N) is 3. The van der Waals surface area contributed by atoms with Crippen LogP contribution in [-0.4, -0.2) is 39.0 Å². The van der Waals surface area contributed by atoms with Crippen LogP contribution < -0.4 is 5.32 Å². The van der Waals surface area contributed by atoms with Crippen molar-refractivity contribution in [1.29, 1.82) is 0 Å². The third kappa shape index (κ3) is 6.03. The minimum absolute atomic E-state index is 0.116. The summed E-state index contributed by atoms with van der Waals surface area (Å²) in [5, 5.41) is 15.0. The zero-order chi connectivity index (χ0) is 26.4. The Balaban J connectivity index is 1.54. The number of carbonyl (C=O) groups excluding carboxylic acids is 2. The number of amides is 1. The minimum Gasteiger partial charge on any atom is -0.462 e. The monoisotopic (exact) mass is 552 g/mol. The third-order valence-corrected chi connectivity index (χ3v) is 8.59. The molecule has 1 amide bonds. The highest BCUT2D eigenvalue weighted by Gasteiger charge is 2.22. The summed E-state index contributed by atoms with van der Waals surface area (Å²) in [5.41, 5.74) is 3.65. The number of thiophene rings is 2. The predicted octanol–water partition coefficient (Wildman–Crippen LogP) is 6.70. The van der Waals surface area contributed by atoms with Gasteiger partial charge in [-0.2, -0.15) is 0 Å². The molecule has 0 saturated heterocycles. The second-order valence-electron chi connectivity index (χ2n) is 8.02. The number of anilines is 1. The summed E-state index contributed by atoms with van der Waals surface area (Å²) in [6.07, 6.45) is 2.56. The van der Waals surface area contributed by atoms with Crippen molar-refractivity contribution >= 4 is 51.3 Å². The van der Waals surface area contributed by atoms with Gasteiger partial charge in [-0.25, -0.2) is 4.79 Å². The van der Waals surface area contributed by atoms with Crippen LogP contribution >= 0.6 is 34.4 Å². The standard InChI is InChI=1S/C27H28N4O3S3/c1-5-13-31-24(21-15-35-17(4)23(21)18-11-9-8-10-12-18)29-30-27(31)36-16-22(32)28-25-20(26(33)34-7-3)14-19(6-2)37-25/h5,8-12,14-15H,1,6-7,13,16H2,2-4H3,(H,28,32). The number of allylic oxidation sites excluding steroid dienone is 1. The van der Waals surface area contributed by atoms with Crippen molar-refractivity contribution in [3.05, 3.63) is 69.8 Å². The van der Waals surface area contributed by atoms with Gasteiger partial charge in [-0.15, -0.1) is 39.4 Å². The fraction of sp³-hybridized carbons (Fsp3) is 0.259. The van der Waals surface area contributed by atoms with Crippen LogP contribution in [0.25, 0.3) is 22.5 Å². The van der Waals surface area contributed by atoms with Gasteiger partial charge in [0.2, 0.25) is 5.91 Å². The van der Waals surface area contributed by atoms with E-state index in [2.05, 4.69) is 46.5 Å². The number of aryl methyl sites for hydroxylation is 2. The van der Waals surface area contributed by atoms with Crippen LogP contribution in [0.1, 0.15) is 34.0 Å². The molecule has 0 aliphatic carbocycles. The van der Waals surface area contributed by atoms with Gasteiger partial charge in [-0.3, -0.25) is 9.36 Å². The summed E-state index contributed by atoms with van der Waals surface area (Å²) in [5.74, 6) is 0.190. The number of aromatic nitrogens is 3. The van der Waals surface area contributed by atoms with Gasteiger partial charge in [0.15, 0.2) is 11.0 Å². The van der Waals surface area contributed by atoms with Crippen LogP contribution in [0.4, 0.5) is 5.00 Å². The Labute approximate surface area is 228 Å². The van der Waals surface area contributed by atoms with E-state index in [4.69, 9.17) is 4.74 Å². The molecule has 0 fully saturated rings. The van der Waals surface area contributed by atoms with Crippen LogP contribution in [0.2, 0.25) is 0 Å². The second kappa shape index (κ2) is 12.4. The molecule has 4 rings (SSSR count).